The molecular formula is C11H23N3. The topological polar surface area (TPSA) is 27.3 Å². The van der Waals surface area contributed by atoms with Gasteiger partial charge < -0.3 is 15.5 Å². The Morgan fingerprint density at radius 1 is 1.07 bits per heavy atom. The second kappa shape index (κ2) is 3.47. The summed E-state index contributed by atoms with van der Waals surface area (Å²) in [6.45, 7) is 9.27. The van der Waals surface area contributed by atoms with Gasteiger partial charge in [0.25, 0.3) is 0 Å². The molecule has 2 saturated heterocycles. The van der Waals surface area contributed by atoms with Crippen LogP contribution in [0.15, 0.2) is 0 Å². The van der Waals surface area contributed by atoms with Crippen LogP contribution in [0.25, 0.3) is 0 Å². The molecule has 3 heteroatoms. The third-order valence-electron chi connectivity index (χ3n) is 3.58. The maximum Gasteiger partial charge on any atom is 0.0335 e. The van der Waals surface area contributed by atoms with Crippen molar-refractivity contribution in [3.8, 4) is 0 Å². The molecule has 0 aromatic carbocycles. The van der Waals surface area contributed by atoms with E-state index < -0.39 is 0 Å². The van der Waals surface area contributed by atoms with Crippen LogP contribution in [-0.2, 0) is 0 Å². The van der Waals surface area contributed by atoms with Crippen LogP contribution in [0.5, 0.6) is 0 Å². The first kappa shape index (κ1) is 10.4. The van der Waals surface area contributed by atoms with Crippen LogP contribution in [0, 0.1) is 0 Å². The molecule has 0 aromatic heterocycles. The van der Waals surface area contributed by atoms with Crippen molar-refractivity contribution in [2.45, 2.75) is 37.8 Å². The Morgan fingerprint density at radius 3 is 2.29 bits per heavy atom. The van der Waals surface area contributed by atoms with Gasteiger partial charge in [-0.05, 0) is 46.8 Å². The number of hydrogen-bond acceptors (Lipinski definition) is 3. The van der Waals surface area contributed by atoms with Crippen molar-refractivity contribution in [3.05, 3.63) is 0 Å². The van der Waals surface area contributed by atoms with Crippen molar-refractivity contribution < 1.29 is 0 Å². The quantitative estimate of drug-likeness (QED) is 0.589. The van der Waals surface area contributed by atoms with E-state index in [0.29, 0.717) is 5.54 Å². The summed E-state index contributed by atoms with van der Waals surface area (Å²) in [5, 5.41) is 7.41. The maximum atomic E-state index is 3.84. The van der Waals surface area contributed by atoms with Crippen molar-refractivity contribution in [2.75, 3.05) is 33.2 Å². The summed E-state index contributed by atoms with van der Waals surface area (Å²) < 4.78 is 0. The molecule has 0 bridgehead atoms. The molecule has 0 atom stereocenters. The van der Waals surface area contributed by atoms with Gasteiger partial charge in [0.05, 0.1) is 0 Å². The number of piperazine rings is 1. The molecule has 1 spiro atoms. The van der Waals surface area contributed by atoms with Gasteiger partial charge in [-0.25, -0.2) is 0 Å². The smallest absolute Gasteiger partial charge is 0.0335 e. The minimum Gasteiger partial charge on any atom is -0.313 e. The highest BCUT2D eigenvalue weighted by molar-refractivity contribution is 5.03. The van der Waals surface area contributed by atoms with Crippen LogP contribution >= 0.6 is 0 Å². The molecule has 2 N–H and O–H groups in total. The molecule has 3 nitrogen and oxygen atoms in total. The van der Waals surface area contributed by atoms with E-state index in [-0.39, 0.29) is 5.54 Å². The largest absolute Gasteiger partial charge is 0.313 e. The number of nitrogens with one attached hydrogen (secondary N) is 2. The zero-order chi connectivity index (χ0) is 10.2. The average molecular weight is 197 g/mol. The van der Waals surface area contributed by atoms with E-state index in [4.69, 9.17) is 0 Å². The van der Waals surface area contributed by atoms with Crippen molar-refractivity contribution in [2.24, 2.45) is 0 Å². The number of rotatable bonds is 0. The third-order valence-corrected chi connectivity index (χ3v) is 3.58. The predicted octanol–water partition coefficient (Wildman–Crippen LogP) is 0.422. The second-order valence-corrected chi connectivity index (χ2v) is 5.70. The highest BCUT2D eigenvalue weighted by Gasteiger charge is 2.40. The molecule has 0 amide bonds. The first-order chi connectivity index (χ1) is 6.52. The fourth-order valence-corrected chi connectivity index (χ4v) is 2.77. The standard InChI is InChI=1S/C11H23N3/c1-10(2)8-12-9-11(13-10)4-6-14(3)7-5-11/h12-13H,4-9H2,1-3H3. The van der Waals surface area contributed by atoms with E-state index in [1.165, 1.54) is 25.9 Å². The van der Waals surface area contributed by atoms with Gasteiger partial charge >= 0.3 is 0 Å². The SMILES string of the molecule is CN1CCC2(CC1)CNCC(C)(C)N2. The molecule has 0 radical (unpaired) electrons. The molecule has 0 aromatic rings. The van der Waals surface area contributed by atoms with E-state index in [9.17, 15) is 0 Å². The van der Waals surface area contributed by atoms with Gasteiger partial charge in [-0.3, -0.25) is 0 Å². The Balaban J connectivity index is 2.01. The monoisotopic (exact) mass is 197 g/mol. The van der Waals surface area contributed by atoms with Crippen LogP contribution in [0.3, 0.4) is 0 Å². The first-order valence-corrected chi connectivity index (χ1v) is 5.70. The van der Waals surface area contributed by atoms with Crippen LogP contribution in [-0.4, -0.2) is 49.2 Å². The Kier molecular flexibility index (Phi) is 2.58. The summed E-state index contributed by atoms with van der Waals surface area (Å²) in [7, 11) is 2.22. The zero-order valence-corrected chi connectivity index (χ0v) is 9.69. The van der Waals surface area contributed by atoms with E-state index >= 15 is 0 Å². The van der Waals surface area contributed by atoms with Gasteiger partial charge in [-0.2, -0.15) is 0 Å². The summed E-state index contributed by atoms with van der Waals surface area (Å²) in [5.41, 5.74) is 0.627. The number of likely N-dealkylation sites (tertiary alicyclic amines) is 1. The van der Waals surface area contributed by atoms with Gasteiger partial charge in [0, 0.05) is 24.2 Å². The summed E-state index contributed by atoms with van der Waals surface area (Å²) in [4.78, 5) is 2.43. The van der Waals surface area contributed by atoms with E-state index in [2.05, 4.69) is 36.4 Å². The summed E-state index contributed by atoms with van der Waals surface area (Å²) in [5.74, 6) is 0. The lowest BCUT2D eigenvalue weighted by Gasteiger charge is -2.50. The number of nitrogens with zero attached hydrogens (tertiary/aromatic N) is 1. The van der Waals surface area contributed by atoms with Gasteiger partial charge in [-0.15, -0.1) is 0 Å². The molecule has 0 aliphatic carbocycles. The molecule has 2 aliphatic heterocycles. The zero-order valence-electron chi connectivity index (χ0n) is 9.69. The first-order valence-electron chi connectivity index (χ1n) is 5.70. The molecule has 2 heterocycles. The lowest BCUT2D eigenvalue weighted by molar-refractivity contribution is 0.0943. The molecule has 14 heavy (non-hydrogen) atoms. The lowest BCUT2D eigenvalue weighted by Crippen LogP contribution is -2.70. The normalized spacial score (nSPS) is 31.9. The van der Waals surface area contributed by atoms with Crippen molar-refractivity contribution in [1.82, 2.24) is 15.5 Å². The number of piperidine rings is 1. The van der Waals surface area contributed by atoms with E-state index in [1.807, 2.05) is 0 Å². The second-order valence-electron chi connectivity index (χ2n) is 5.70. The number of hydrogen-bond donors (Lipinski definition) is 2. The molecule has 0 unspecified atom stereocenters. The van der Waals surface area contributed by atoms with E-state index in [1.54, 1.807) is 0 Å². The Hall–Kier alpha value is -0.120. The van der Waals surface area contributed by atoms with Crippen LogP contribution in [0.4, 0.5) is 0 Å². The van der Waals surface area contributed by atoms with Crippen LogP contribution in [0.1, 0.15) is 26.7 Å². The van der Waals surface area contributed by atoms with Crippen molar-refractivity contribution in [1.29, 1.82) is 0 Å². The fourth-order valence-electron chi connectivity index (χ4n) is 2.77. The third kappa shape index (κ3) is 2.10. The van der Waals surface area contributed by atoms with Crippen LogP contribution in [0.2, 0.25) is 0 Å². The minimum atomic E-state index is 0.258. The molecule has 2 aliphatic rings. The maximum absolute atomic E-state index is 3.84. The van der Waals surface area contributed by atoms with Crippen LogP contribution < -0.4 is 10.6 Å². The molecule has 82 valence electrons. The molecular weight excluding hydrogens is 174 g/mol. The summed E-state index contributed by atoms with van der Waals surface area (Å²) in [6.07, 6.45) is 2.56. The molecule has 2 fully saturated rings. The van der Waals surface area contributed by atoms with Crippen molar-refractivity contribution in [3.63, 3.8) is 0 Å². The van der Waals surface area contributed by atoms with Gasteiger partial charge in [0.2, 0.25) is 0 Å². The Morgan fingerprint density at radius 2 is 1.71 bits per heavy atom. The van der Waals surface area contributed by atoms with E-state index in [0.717, 1.165) is 13.1 Å². The lowest BCUT2D eigenvalue weighted by atomic mass is 9.82. The average Bonchev–Trinajstić information content (AvgIpc) is 2.09. The Bertz CT molecular complexity index is 205. The fraction of sp³-hybridized carbons (Fsp3) is 1.00. The van der Waals surface area contributed by atoms with Gasteiger partial charge in [-0.1, -0.05) is 0 Å². The van der Waals surface area contributed by atoms with Gasteiger partial charge in [0.15, 0.2) is 0 Å². The molecule has 0 saturated carbocycles. The highest BCUT2D eigenvalue weighted by Crippen LogP contribution is 2.26. The molecule has 2 rings (SSSR count). The van der Waals surface area contributed by atoms with Crippen molar-refractivity contribution >= 4 is 0 Å². The highest BCUT2D eigenvalue weighted by atomic mass is 15.2. The predicted molar refractivity (Wildman–Crippen MR) is 59.5 cm³/mol. The minimum absolute atomic E-state index is 0.258. The van der Waals surface area contributed by atoms with Gasteiger partial charge in [0.1, 0.15) is 0 Å². The Labute approximate surface area is 87.2 Å². The summed E-state index contributed by atoms with van der Waals surface area (Å²) in [6, 6.07) is 0. The summed E-state index contributed by atoms with van der Waals surface area (Å²) >= 11 is 0.